The Morgan fingerprint density at radius 2 is 1.96 bits per heavy atom. The number of piperidine rings is 1. The number of hydrogen-bond donors (Lipinski definition) is 1. The van der Waals surface area contributed by atoms with Gasteiger partial charge in [-0.15, -0.1) is 0 Å². The van der Waals surface area contributed by atoms with Gasteiger partial charge in [0.05, 0.1) is 0 Å². The van der Waals surface area contributed by atoms with Gasteiger partial charge in [-0.1, -0.05) is 36.8 Å². The van der Waals surface area contributed by atoms with E-state index in [1.807, 2.05) is 11.8 Å². The molecule has 2 heterocycles. The fourth-order valence-electron chi connectivity index (χ4n) is 3.51. The fourth-order valence-corrected chi connectivity index (χ4v) is 3.51. The van der Waals surface area contributed by atoms with E-state index in [4.69, 9.17) is 0 Å². The van der Waals surface area contributed by atoms with Crippen LogP contribution in [0.25, 0.3) is 0 Å². The summed E-state index contributed by atoms with van der Waals surface area (Å²) in [7, 11) is 0. The first-order chi connectivity index (χ1) is 12.6. The Hall–Kier alpha value is -2.43. The van der Waals surface area contributed by atoms with Gasteiger partial charge in [-0.2, -0.15) is 0 Å². The van der Waals surface area contributed by atoms with Crippen LogP contribution in [0.2, 0.25) is 0 Å². The van der Waals surface area contributed by atoms with E-state index in [0.29, 0.717) is 29.9 Å². The quantitative estimate of drug-likeness (QED) is 0.880. The number of nitrogens with one attached hydrogen (secondary N) is 1. The zero-order valence-corrected chi connectivity index (χ0v) is 16.0. The van der Waals surface area contributed by atoms with Crippen molar-refractivity contribution >= 4 is 11.7 Å². The molecule has 0 aliphatic carbocycles. The third kappa shape index (κ3) is 4.40. The van der Waals surface area contributed by atoms with Crippen LogP contribution >= 0.6 is 0 Å². The molecule has 1 N–H and O–H groups in total. The van der Waals surface area contributed by atoms with E-state index in [1.165, 1.54) is 17.5 Å². The van der Waals surface area contributed by atoms with Crippen molar-refractivity contribution in [1.82, 2.24) is 14.9 Å². The number of carbonyl (C=O) groups excluding carboxylic acids is 1. The molecule has 5 nitrogen and oxygen atoms in total. The van der Waals surface area contributed by atoms with E-state index < -0.39 is 0 Å². The molecule has 1 atom stereocenters. The van der Waals surface area contributed by atoms with E-state index in [9.17, 15) is 4.79 Å². The molecule has 1 aromatic carbocycles. The van der Waals surface area contributed by atoms with Gasteiger partial charge in [-0.05, 0) is 45.1 Å². The Kier molecular flexibility index (Phi) is 5.86. The van der Waals surface area contributed by atoms with Crippen LogP contribution in [0.3, 0.4) is 0 Å². The first-order valence-corrected chi connectivity index (χ1v) is 9.53. The second kappa shape index (κ2) is 8.30. The molecule has 1 fully saturated rings. The normalized spacial score (nSPS) is 17.2. The number of carbonyl (C=O) groups is 1. The summed E-state index contributed by atoms with van der Waals surface area (Å²) in [5, 5.41) is 3.32. The summed E-state index contributed by atoms with van der Waals surface area (Å²) in [6.45, 7) is 7.56. The smallest absolute Gasteiger partial charge is 0.272 e. The van der Waals surface area contributed by atoms with Crippen LogP contribution in [-0.4, -0.2) is 33.4 Å². The van der Waals surface area contributed by atoms with Crippen molar-refractivity contribution < 1.29 is 4.79 Å². The van der Waals surface area contributed by atoms with Crippen LogP contribution in [0.15, 0.2) is 30.3 Å². The van der Waals surface area contributed by atoms with Crippen molar-refractivity contribution in [2.24, 2.45) is 0 Å². The van der Waals surface area contributed by atoms with Gasteiger partial charge in [0.1, 0.15) is 17.3 Å². The van der Waals surface area contributed by atoms with Crippen molar-refractivity contribution in [3.8, 4) is 0 Å². The van der Waals surface area contributed by atoms with Crippen LogP contribution in [-0.2, 0) is 6.54 Å². The van der Waals surface area contributed by atoms with Crippen LogP contribution < -0.4 is 5.32 Å². The SMILES string of the molecule is CCC1CCCCN1C(=O)c1cc(NCc2ccc(C)cc2)nc(C)n1. The number of benzene rings is 1. The minimum absolute atomic E-state index is 0.0282. The third-order valence-electron chi connectivity index (χ3n) is 5.01. The number of nitrogens with zero attached hydrogens (tertiary/aromatic N) is 3. The molecule has 1 saturated heterocycles. The molecule has 1 aliphatic rings. The van der Waals surface area contributed by atoms with E-state index in [2.05, 4.69) is 53.4 Å². The summed E-state index contributed by atoms with van der Waals surface area (Å²) in [6.07, 6.45) is 4.36. The highest BCUT2D eigenvalue weighted by atomic mass is 16.2. The number of aromatic nitrogens is 2. The molecule has 3 rings (SSSR count). The molecule has 0 bridgehead atoms. The van der Waals surface area contributed by atoms with Crippen molar-refractivity contribution in [3.05, 3.63) is 53.0 Å². The Morgan fingerprint density at radius 1 is 1.19 bits per heavy atom. The number of rotatable bonds is 5. The van der Waals surface area contributed by atoms with Crippen LogP contribution in [0, 0.1) is 13.8 Å². The molecular weight excluding hydrogens is 324 g/mol. The Balaban J connectivity index is 1.74. The van der Waals surface area contributed by atoms with E-state index in [1.54, 1.807) is 6.07 Å². The largest absolute Gasteiger partial charge is 0.366 e. The number of hydrogen-bond acceptors (Lipinski definition) is 4. The van der Waals surface area contributed by atoms with Gasteiger partial charge in [-0.25, -0.2) is 9.97 Å². The van der Waals surface area contributed by atoms with Gasteiger partial charge in [0.15, 0.2) is 0 Å². The van der Waals surface area contributed by atoms with E-state index in [0.717, 1.165) is 25.8 Å². The summed E-state index contributed by atoms with van der Waals surface area (Å²) >= 11 is 0. The average Bonchev–Trinajstić information content (AvgIpc) is 2.66. The molecule has 5 heteroatoms. The minimum Gasteiger partial charge on any atom is -0.366 e. The Bertz CT molecular complexity index is 757. The lowest BCUT2D eigenvalue weighted by molar-refractivity contribution is 0.0601. The summed E-state index contributed by atoms with van der Waals surface area (Å²) in [4.78, 5) is 23.8. The van der Waals surface area contributed by atoms with Crippen molar-refractivity contribution in [3.63, 3.8) is 0 Å². The van der Waals surface area contributed by atoms with Crippen molar-refractivity contribution in [2.75, 3.05) is 11.9 Å². The zero-order chi connectivity index (χ0) is 18.5. The summed E-state index contributed by atoms with van der Waals surface area (Å²) in [5.74, 6) is 1.35. The van der Waals surface area contributed by atoms with E-state index >= 15 is 0 Å². The second-order valence-corrected chi connectivity index (χ2v) is 7.08. The molecule has 2 aromatic rings. The number of aryl methyl sites for hydroxylation is 2. The van der Waals surface area contributed by atoms with Gasteiger partial charge < -0.3 is 10.2 Å². The van der Waals surface area contributed by atoms with Gasteiger partial charge in [0.25, 0.3) is 5.91 Å². The highest BCUT2D eigenvalue weighted by Gasteiger charge is 2.27. The predicted molar refractivity (Wildman–Crippen MR) is 104 cm³/mol. The fraction of sp³-hybridized carbons (Fsp3) is 0.476. The molecule has 0 saturated carbocycles. The third-order valence-corrected chi connectivity index (χ3v) is 5.01. The van der Waals surface area contributed by atoms with Crippen LogP contribution in [0.4, 0.5) is 5.82 Å². The molecule has 1 amide bonds. The maximum atomic E-state index is 13.0. The topological polar surface area (TPSA) is 58.1 Å². The monoisotopic (exact) mass is 352 g/mol. The van der Waals surface area contributed by atoms with Crippen molar-refractivity contribution in [1.29, 1.82) is 0 Å². The number of likely N-dealkylation sites (tertiary alicyclic amines) is 1. The lowest BCUT2D eigenvalue weighted by atomic mass is 9.99. The minimum atomic E-state index is 0.0282. The molecule has 0 radical (unpaired) electrons. The molecule has 26 heavy (non-hydrogen) atoms. The number of amides is 1. The zero-order valence-electron chi connectivity index (χ0n) is 16.0. The van der Waals surface area contributed by atoms with E-state index in [-0.39, 0.29) is 5.91 Å². The lowest BCUT2D eigenvalue weighted by Gasteiger charge is -2.35. The van der Waals surface area contributed by atoms with Crippen LogP contribution in [0.5, 0.6) is 0 Å². The first kappa shape index (κ1) is 18.4. The maximum absolute atomic E-state index is 13.0. The number of anilines is 1. The molecular formula is C21H28N4O. The Morgan fingerprint density at radius 3 is 2.69 bits per heavy atom. The second-order valence-electron chi connectivity index (χ2n) is 7.08. The predicted octanol–water partition coefficient (Wildman–Crippen LogP) is 4.11. The summed E-state index contributed by atoms with van der Waals surface area (Å²) < 4.78 is 0. The lowest BCUT2D eigenvalue weighted by Crippen LogP contribution is -2.43. The summed E-state index contributed by atoms with van der Waals surface area (Å²) in [6, 6.07) is 10.5. The molecule has 138 valence electrons. The van der Waals surface area contributed by atoms with Crippen LogP contribution in [0.1, 0.15) is 60.0 Å². The first-order valence-electron chi connectivity index (χ1n) is 9.53. The highest BCUT2D eigenvalue weighted by molar-refractivity contribution is 5.93. The van der Waals surface area contributed by atoms with Gasteiger partial charge in [0.2, 0.25) is 0 Å². The van der Waals surface area contributed by atoms with Gasteiger partial charge in [-0.3, -0.25) is 4.79 Å². The molecule has 0 spiro atoms. The van der Waals surface area contributed by atoms with Gasteiger partial charge in [0, 0.05) is 25.2 Å². The standard InChI is InChI=1S/C21H28N4O/c1-4-18-7-5-6-12-25(18)21(26)19-13-20(24-16(3)23-19)22-14-17-10-8-15(2)9-11-17/h8-11,13,18H,4-7,12,14H2,1-3H3,(H,22,23,24). The molecule has 1 aromatic heterocycles. The Labute approximate surface area is 155 Å². The molecule has 1 aliphatic heterocycles. The highest BCUT2D eigenvalue weighted by Crippen LogP contribution is 2.22. The summed E-state index contributed by atoms with van der Waals surface area (Å²) in [5.41, 5.74) is 2.91. The van der Waals surface area contributed by atoms with Crippen molar-refractivity contribution in [2.45, 2.75) is 59.0 Å². The molecule has 1 unspecified atom stereocenters. The average molecular weight is 352 g/mol. The van der Waals surface area contributed by atoms with Gasteiger partial charge >= 0.3 is 0 Å². The maximum Gasteiger partial charge on any atom is 0.272 e.